The number of aryl methyl sites for hydroxylation is 1. The predicted octanol–water partition coefficient (Wildman–Crippen LogP) is 3.82. The van der Waals surface area contributed by atoms with Crippen LogP contribution in [0.2, 0.25) is 5.02 Å². The van der Waals surface area contributed by atoms with E-state index in [4.69, 9.17) is 11.6 Å². The summed E-state index contributed by atoms with van der Waals surface area (Å²) in [4.78, 5) is 0.228. The third-order valence-electron chi connectivity index (χ3n) is 3.58. The smallest absolute Gasteiger partial charge is 0.211 e. The quantitative estimate of drug-likeness (QED) is 0.840. The number of hydrogen-bond donors (Lipinski definition) is 1. The fourth-order valence-corrected chi connectivity index (χ4v) is 3.60. The Labute approximate surface area is 126 Å². The molecule has 0 spiro atoms. The number of sulfonamides is 1. The van der Waals surface area contributed by atoms with E-state index in [0.717, 1.165) is 24.8 Å². The van der Waals surface area contributed by atoms with Crippen LogP contribution >= 0.6 is 11.6 Å². The number of allylic oxidation sites excluding steroid dienone is 1. The molecule has 0 atom stereocenters. The zero-order valence-electron chi connectivity index (χ0n) is 11.7. The molecule has 20 heavy (non-hydrogen) atoms. The van der Waals surface area contributed by atoms with E-state index in [-0.39, 0.29) is 4.90 Å². The van der Waals surface area contributed by atoms with Gasteiger partial charge >= 0.3 is 0 Å². The molecule has 0 aromatic heterocycles. The molecule has 110 valence electrons. The summed E-state index contributed by atoms with van der Waals surface area (Å²) in [6.45, 7) is 2.29. The molecular formula is C15H20ClNO2S. The SMILES string of the molecule is Cc1ccc(S(=O)(=O)NCCC2=CCCCC2)cc1Cl. The molecule has 0 unspecified atom stereocenters. The van der Waals surface area contributed by atoms with E-state index in [1.807, 2.05) is 6.92 Å². The second-order valence-electron chi connectivity index (χ2n) is 5.17. The van der Waals surface area contributed by atoms with E-state index in [0.29, 0.717) is 11.6 Å². The molecule has 1 aliphatic carbocycles. The first-order chi connectivity index (χ1) is 9.49. The summed E-state index contributed by atoms with van der Waals surface area (Å²) in [5, 5.41) is 0.475. The van der Waals surface area contributed by atoms with Crippen molar-refractivity contribution < 1.29 is 8.42 Å². The lowest BCUT2D eigenvalue weighted by Crippen LogP contribution is -2.25. The normalized spacial score (nSPS) is 16.0. The van der Waals surface area contributed by atoms with Crippen LogP contribution in [0.1, 0.15) is 37.7 Å². The van der Waals surface area contributed by atoms with Gasteiger partial charge in [-0.05, 0) is 56.7 Å². The third kappa shape index (κ3) is 4.08. The van der Waals surface area contributed by atoms with Gasteiger partial charge in [-0.25, -0.2) is 13.1 Å². The van der Waals surface area contributed by atoms with Gasteiger partial charge in [-0.15, -0.1) is 0 Å². The van der Waals surface area contributed by atoms with E-state index in [1.54, 1.807) is 12.1 Å². The number of benzene rings is 1. The van der Waals surface area contributed by atoms with Crippen LogP contribution in [0, 0.1) is 6.92 Å². The van der Waals surface area contributed by atoms with Crippen LogP contribution in [0.3, 0.4) is 0 Å². The van der Waals surface area contributed by atoms with Crippen LogP contribution in [0.25, 0.3) is 0 Å². The third-order valence-corrected chi connectivity index (χ3v) is 5.44. The van der Waals surface area contributed by atoms with Gasteiger partial charge in [-0.3, -0.25) is 0 Å². The molecule has 1 N–H and O–H groups in total. The summed E-state index contributed by atoms with van der Waals surface area (Å²) >= 11 is 5.97. The molecule has 0 saturated carbocycles. The lowest BCUT2D eigenvalue weighted by Gasteiger charge is -2.13. The van der Waals surface area contributed by atoms with Crippen LogP contribution in [-0.4, -0.2) is 15.0 Å². The lowest BCUT2D eigenvalue weighted by molar-refractivity contribution is 0.579. The van der Waals surface area contributed by atoms with Crippen molar-refractivity contribution >= 4 is 21.6 Å². The highest BCUT2D eigenvalue weighted by Gasteiger charge is 2.15. The zero-order valence-corrected chi connectivity index (χ0v) is 13.2. The average molecular weight is 314 g/mol. The van der Waals surface area contributed by atoms with Crippen LogP contribution < -0.4 is 4.72 Å². The van der Waals surface area contributed by atoms with Gasteiger partial charge < -0.3 is 0 Å². The van der Waals surface area contributed by atoms with Gasteiger partial charge in [0.2, 0.25) is 10.0 Å². The summed E-state index contributed by atoms with van der Waals surface area (Å²) in [5.74, 6) is 0. The average Bonchev–Trinajstić information content (AvgIpc) is 2.43. The van der Waals surface area contributed by atoms with E-state index in [1.165, 1.54) is 24.5 Å². The van der Waals surface area contributed by atoms with Crippen molar-refractivity contribution in [3.8, 4) is 0 Å². The molecule has 1 aromatic carbocycles. The van der Waals surface area contributed by atoms with Crippen molar-refractivity contribution in [3.05, 3.63) is 40.4 Å². The number of halogens is 1. The van der Waals surface area contributed by atoms with E-state index in [9.17, 15) is 8.42 Å². The van der Waals surface area contributed by atoms with Crippen molar-refractivity contribution in [1.82, 2.24) is 4.72 Å². The topological polar surface area (TPSA) is 46.2 Å². The Morgan fingerprint density at radius 1 is 1.30 bits per heavy atom. The van der Waals surface area contributed by atoms with E-state index < -0.39 is 10.0 Å². The first-order valence-corrected chi connectivity index (χ1v) is 8.79. The molecule has 1 aliphatic rings. The van der Waals surface area contributed by atoms with Gasteiger partial charge in [0, 0.05) is 11.6 Å². The molecule has 0 amide bonds. The Hall–Kier alpha value is -0.840. The van der Waals surface area contributed by atoms with Gasteiger partial charge in [-0.1, -0.05) is 29.3 Å². The molecule has 0 aliphatic heterocycles. The summed E-state index contributed by atoms with van der Waals surface area (Å²) in [6, 6.07) is 4.81. The number of rotatable bonds is 5. The molecule has 1 aromatic rings. The lowest BCUT2D eigenvalue weighted by atomic mass is 9.97. The fourth-order valence-electron chi connectivity index (χ4n) is 2.30. The van der Waals surface area contributed by atoms with Gasteiger partial charge in [0.25, 0.3) is 0 Å². The summed E-state index contributed by atoms with van der Waals surface area (Å²) < 4.78 is 26.9. The van der Waals surface area contributed by atoms with Crippen molar-refractivity contribution in [1.29, 1.82) is 0 Å². The maximum atomic E-state index is 12.1. The highest BCUT2D eigenvalue weighted by atomic mass is 35.5. The number of nitrogens with one attached hydrogen (secondary N) is 1. The molecule has 0 bridgehead atoms. The Morgan fingerprint density at radius 3 is 2.75 bits per heavy atom. The molecule has 2 rings (SSSR count). The van der Waals surface area contributed by atoms with Crippen LogP contribution in [-0.2, 0) is 10.0 Å². The maximum absolute atomic E-state index is 12.1. The molecule has 3 nitrogen and oxygen atoms in total. The van der Waals surface area contributed by atoms with Gasteiger partial charge in [-0.2, -0.15) is 0 Å². The standard InChI is InChI=1S/C15H20ClNO2S/c1-12-7-8-14(11-15(12)16)20(18,19)17-10-9-13-5-3-2-4-6-13/h5,7-8,11,17H,2-4,6,9-10H2,1H3. The molecular weight excluding hydrogens is 294 g/mol. The molecule has 5 heteroatoms. The van der Waals surface area contributed by atoms with Crippen molar-refractivity contribution in [2.75, 3.05) is 6.54 Å². The highest BCUT2D eigenvalue weighted by molar-refractivity contribution is 7.89. The number of hydrogen-bond acceptors (Lipinski definition) is 2. The van der Waals surface area contributed by atoms with E-state index >= 15 is 0 Å². The summed E-state index contributed by atoms with van der Waals surface area (Å²) in [5.41, 5.74) is 2.24. The van der Waals surface area contributed by atoms with Crippen molar-refractivity contribution in [3.63, 3.8) is 0 Å². The first-order valence-electron chi connectivity index (χ1n) is 6.93. The zero-order chi connectivity index (χ0) is 14.6. The minimum absolute atomic E-state index is 0.228. The summed E-state index contributed by atoms with van der Waals surface area (Å²) in [6.07, 6.45) is 7.70. The summed E-state index contributed by atoms with van der Waals surface area (Å²) in [7, 11) is -3.46. The Balaban J connectivity index is 1.96. The fraction of sp³-hybridized carbons (Fsp3) is 0.467. The van der Waals surface area contributed by atoms with Crippen molar-refractivity contribution in [2.24, 2.45) is 0 Å². The van der Waals surface area contributed by atoms with E-state index in [2.05, 4.69) is 10.8 Å². The minimum Gasteiger partial charge on any atom is -0.211 e. The monoisotopic (exact) mass is 313 g/mol. The van der Waals surface area contributed by atoms with Gasteiger partial charge in [0.15, 0.2) is 0 Å². The second-order valence-corrected chi connectivity index (χ2v) is 7.34. The van der Waals surface area contributed by atoms with Gasteiger partial charge in [0.05, 0.1) is 4.90 Å². The maximum Gasteiger partial charge on any atom is 0.240 e. The largest absolute Gasteiger partial charge is 0.240 e. The second kappa shape index (κ2) is 6.74. The van der Waals surface area contributed by atoms with Crippen LogP contribution in [0.5, 0.6) is 0 Å². The molecule has 0 heterocycles. The Morgan fingerprint density at radius 2 is 2.10 bits per heavy atom. The molecule has 0 radical (unpaired) electrons. The molecule has 0 saturated heterocycles. The minimum atomic E-state index is -3.46. The highest BCUT2D eigenvalue weighted by Crippen LogP contribution is 2.21. The van der Waals surface area contributed by atoms with Crippen molar-refractivity contribution in [2.45, 2.75) is 43.9 Å². The van der Waals surface area contributed by atoms with Crippen LogP contribution in [0.4, 0.5) is 0 Å². The van der Waals surface area contributed by atoms with Gasteiger partial charge in [0.1, 0.15) is 0 Å². The predicted molar refractivity (Wildman–Crippen MR) is 82.5 cm³/mol. The Kier molecular flexibility index (Phi) is 5.24. The first kappa shape index (κ1) is 15.5. The van der Waals surface area contributed by atoms with Crippen LogP contribution in [0.15, 0.2) is 34.7 Å². The molecule has 0 fully saturated rings. The Bertz CT molecular complexity index is 608.